The zero-order chi connectivity index (χ0) is 43.7. The van der Waals surface area contributed by atoms with Crippen molar-refractivity contribution in [3.8, 4) is 0 Å². The Morgan fingerprint density at radius 1 is 0.350 bits per heavy atom. The summed E-state index contributed by atoms with van der Waals surface area (Å²) in [5.41, 5.74) is 0. The van der Waals surface area contributed by atoms with E-state index in [0.29, 0.717) is 19.3 Å². The maximum Gasteiger partial charge on any atom is 0.306 e. The first-order valence-corrected chi connectivity index (χ1v) is 25.3. The highest BCUT2D eigenvalue weighted by molar-refractivity contribution is 5.71. The first-order chi connectivity index (χ1) is 29.5. The molecule has 0 aliphatic heterocycles. The van der Waals surface area contributed by atoms with Crippen LogP contribution in [0.5, 0.6) is 0 Å². The van der Waals surface area contributed by atoms with E-state index in [4.69, 9.17) is 14.2 Å². The molecule has 1 atom stereocenters. The molecule has 0 heterocycles. The van der Waals surface area contributed by atoms with Gasteiger partial charge < -0.3 is 14.2 Å². The minimum absolute atomic E-state index is 0.0755. The van der Waals surface area contributed by atoms with Gasteiger partial charge in [0.05, 0.1) is 0 Å². The molecule has 346 valence electrons. The van der Waals surface area contributed by atoms with E-state index in [1.165, 1.54) is 109 Å². The Balaban J connectivity index is 4.22. The van der Waals surface area contributed by atoms with Crippen molar-refractivity contribution in [3.63, 3.8) is 0 Å². The van der Waals surface area contributed by atoms with Crippen molar-refractivity contribution in [2.45, 2.75) is 252 Å². The first-order valence-electron chi connectivity index (χ1n) is 25.3. The molecule has 0 bridgehead atoms. The second-order valence-corrected chi connectivity index (χ2v) is 16.7. The van der Waals surface area contributed by atoms with Crippen LogP contribution >= 0.6 is 0 Å². The van der Waals surface area contributed by atoms with Crippen LogP contribution in [0.4, 0.5) is 0 Å². The number of unbranched alkanes of at least 4 members (excludes halogenated alkanes) is 24. The van der Waals surface area contributed by atoms with E-state index in [9.17, 15) is 14.4 Å². The largest absolute Gasteiger partial charge is 0.462 e. The second kappa shape index (κ2) is 48.8. The normalized spacial score (nSPS) is 12.5. The molecule has 0 rings (SSSR count). The van der Waals surface area contributed by atoms with E-state index in [1.807, 2.05) is 0 Å². The number of carbonyl (C=O) groups is 3. The zero-order valence-electron chi connectivity index (χ0n) is 39.5. The highest BCUT2D eigenvalue weighted by Gasteiger charge is 2.19. The van der Waals surface area contributed by atoms with Crippen molar-refractivity contribution in [1.29, 1.82) is 0 Å². The van der Waals surface area contributed by atoms with Gasteiger partial charge in [-0.15, -0.1) is 0 Å². The summed E-state index contributed by atoms with van der Waals surface area (Å²) in [4.78, 5) is 37.7. The van der Waals surface area contributed by atoms with E-state index in [2.05, 4.69) is 81.5 Å². The first kappa shape index (κ1) is 57.1. The number of ether oxygens (including phenoxy) is 3. The molecular formula is C54H94O6. The van der Waals surface area contributed by atoms with Gasteiger partial charge in [-0.3, -0.25) is 14.4 Å². The summed E-state index contributed by atoms with van der Waals surface area (Å²) >= 11 is 0. The lowest BCUT2D eigenvalue weighted by Crippen LogP contribution is -2.30. The van der Waals surface area contributed by atoms with Gasteiger partial charge in [0.15, 0.2) is 6.10 Å². The molecule has 0 aromatic carbocycles. The van der Waals surface area contributed by atoms with Gasteiger partial charge >= 0.3 is 17.9 Å². The lowest BCUT2D eigenvalue weighted by atomic mass is 10.0. The molecule has 1 unspecified atom stereocenters. The highest BCUT2D eigenvalue weighted by Crippen LogP contribution is 2.15. The van der Waals surface area contributed by atoms with E-state index in [-0.39, 0.29) is 31.1 Å². The number of esters is 3. The Hall–Kier alpha value is -2.89. The van der Waals surface area contributed by atoms with Crippen molar-refractivity contribution in [2.75, 3.05) is 13.2 Å². The molecule has 0 aromatic rings. The molecule has 0 saturated carbocycles. The van der Waals surface area contributed by atoms with Crippen molar-refractivity contribution in [2.24, 2.45) is 0 Å². The SMILES string of the molecule is CC/C=C\C/C=C\C/C=C\C/C=C\C/C=C\CCCCCCCCCC(=O)OCC(COC(=O)CCCCCCCCC)OC(=O)CCCCCCCCCCCCCC. The smallest absolute Gasteiger partial charge is 0.306 e. The average Bonchev–Trinajstić information content (AvgIpc) is 3.24. The fourth-order valence-corrected chi connectivity index (χ4v) is 7.00. The molecule has 0 aliphatic carbocycles. The maximum absolute atomic E-state index is 12.7. The predicted molar refractivity (Wildman–Crippen MR) is 256 cm³/mol. The maximum atomic E-state index is 12.7. The predicted octanol–water partition coefficient (Wildman–Crippen LogP) is 16.5. The Morgan fingerprint density at radius 2 is 0.650 bits per heavy atom. The summed E-state index contributed by atoms with van der Waals surface area (Å²) in [6.45, 7) is 6.47. The summed E-state index contributed by atoms with van der Waals surface area (Å²) < 4.78 is 16.7. The van der Waals surface area contributed by atoms with Crippen LogP contribution in [0.1, 0.15) is 245 Å². The quantitative estimate of drug-likeness (QED) is 0.0263. The molecule has 0 spiro atoms. The summed E-state index contributed by atoms with van der Waals surface area (Å²) in [6, 6.07) is 0. The Labute approximate surface area is 370 Å². The number of hydrogen-bond donors (Lipinski definition) is 0. The number of rotatable bonds is 45. The third kappa shape index (κ3) is 46.2. The standard InChI is InChI=1S/C54H94O6/c1-4-7-10-13-16-18-20-22-23-24-25-26-27-28-29-30-31-32-34-35-38-41-44-47-53(56)59-50-51(49-58-52(55)46-43-40-37-15-12-9-6-3)60-54(57)48-45-42-39-36-33-21-19-17-14-11-8-5-2/h7,10,16,18,22-23,25-26,28-29,51H,4-6,8-9,11-15,17,19-21,24,27,30-50H2,1-3H3/b10-7-,18-16-,23-22-,26-25-,29-28-. The summed E-state index contributed by atoms with van der Waals surface area (Å²) in [5.74, 6) is -0.890. The molecule has 6 nitrogen and oxygen atoms in total. The van der Waals surface area contributed by atoms with E-state index in [0.717, 1.165) is 96.3 Å². The zero-order valence-corrected chi connectivity index (χ0v) is 39.5. The van der Waals surface area contributed by atoms with Crippen LogP contribution in [0.2, 0.25) is 0 Å². The minimum atomic E-state index is -0.772. The van der Waals surface area contributed by atoms with E-state index < -0.39 is 6.10 Å². The third-order valence-electron chi connectivity index (χ3n) is 10.8. The van der Waals surface area contributed by atoms with E-state index in [1.54, 1.807) is 0 Å². The van der Waals surface area contributed by atoms with Gasteiger partial charge in [0.2, 0.25) is 0 Å². The number of carbonyl (C=O) groups excluding carboxylic acids is 3. The molecule has 0 N–H and O–H groups in total. The molecule has 0 amide bonds. The van der Waals surface area contributed by atoms with Gasteiger partial charge in [0.25, 0.3) is 0 Å². The number of hydrogen-bond acceptors (Lipinski definition) is 6. The molecule has 0 fully saturated rings. The van der Waals surface area contributed by atoms with Crippen molar-refractivity contribution >= 4 is 17.9 Å². The number of allylic oxidation sites excluding steroid dienone is 10. The van der Waals surface area contributed by atoms with Crippen LogP contribution in [0, 0.1) is 0 Å². The van der Waals surface area contributed by atoms with Crippen molar-refractivity contribution < 1.29 is 28.6 Å². The third-order valence-corrected chi connectivity index (χ3v) is 10.8. The van der Waals surface area contributed by atoms with Crippen molar-refractivity contribution in [3.05, 3.63) is 60.8 Å². The Kier molecular flexibility index (Phi) is 46.4. The highest BCUT2D eigenvalue weighted by atomic mass is 16.6. The van der Waals surface area contributed by atoms with Crippen LogP contribution in [-0.2, 0) is 28.6 Å². The Morgan fingerprint density at radius 3 is 1.02 bits per heavy atom. The summed E-state index contributed by atoms with van der Waals surface area (Å²) in [6.07, 6.45) is 59.3. The molecule has 6 heteroatoms. The Bertz CT molecular complexity index is 1100. The average molecular weight is 839 g/mol. The van der Waals surface area contributed by atoms with Crippen LogP contribution in [-0.4, -0.2) is 37.2 Å². The fourth-order valence-electron chi connectivity index (χ4n) is 7.00. The van der Waals surface area contributed by atoms with Crippen LogP contribution in [0.25, 0.3) is 0 Å². The van der Waals surface area contributed by atoms with Gasteiger partial charge in [-0.05, 0) is 64.2 Å². The minimum Gasteiger partial charge on any atom is -0.462 e. The topological polar surface area (TPSA) is 78.9 Å². The van der Waals surface area contributed by atoms with Crippen LogP contribution < -0.4 is 0 Å². The molecule has 0 aromatic heterocycles. The summed E-state index contributed by atoms with van der Waals surface area (Å²) in [5, 5.41) is 0. The van der Waals surface area contributed by atoms with Gasteiger partial charge in [0.1, 0.15) is 13.2 Å². The lowest BCUT2D eigenvalue weighted by Gasteiger charge is -2.18. The monoisotopic (exact) mass is 839 g/mol. The fraction of sp³-hybridized carbons (Fsp3) is 0.759. The molecule has 60 heavy (non-hydrogen) atoms. The van der Waals surface area contributed by atoms with Crippen LogP contribution in [0.3, 0.4) is 0 Å². The summed E-state index contributed by atoms with van der Waals surface area (Å²) in [7, 11) is 0. The van der Waals surface area contributed by atoms with Gasteiger partial charge in [0, 0.05) is 19.3 Å². The van der Waals surface area contributed by atoms with E-state index >= 15 is 0 Å². The molecule has 0 aliphatic rings. The molecule has 0 saturated heterocycles. The molecule has 0 radical (unpaired) electrons. The van der Waals surface area contributed by atoms with Gasteiger partial charge in [-0.25, -0.2) is 0 Å². The van der Waals surface area contributed by atoms with Crippen LogP contribution in [0.15, 0.2) is 60.8 Å². The second-order valence-electron chi connectivity index (χ2n) is 16.7. The van der Waals surface area contributed by atoms with Crippen molar-refractivity contribution in [1.82, 2.24) is 0 Å². The van der Waals surface area contributed by atoms with Gasteiger partial charge in [-0.1, -0.05) is 223 Å². The van der Waals surface area contributed by atoms with Gasteiger partial charge in [-0.2, -0.15) is 0 Å². The lowest BCUT2D eigenvalue weighted by molar-refractivity contribution is -0.167. The molecular weight excluding hydrogens is 745 g/mol.